The van der Waals surface area contributed by atoms with Crippen LogP contribution in [0.4, 0.5) is 5.69 Å². The van der Waals surface area contributed by atoms with E-state index in [9.17, 15) is 24.8 Å². The fourth-order valence-electron chi connectivity index (χ4n) is 3.89. The van der Waals surface area contributed by atoms with Crippen molar-refractivity contribution in [2.24, 2.45) is 28.8 Å². The van der Waals surface area contributed by atoms with Crippen LogP contribution < -0.4 is 0 Å². The Balaban J connectivity index is 1.59. The number of hydrogen-bond donors (Lipinski definition) is 1. The quantitative estimate of drug-likeness (QED) is 0.297. The summed E-state index contributed by atoms with van der Waals surface area (Å²) in [6.45, 7) is 0. The summed E-state index contributed by atoms with van der Waals surface area (Å²) in [6, 6.07) is 3.73. The lowest BCUT2D eigenvalue weighted by atomic mass is 9.85. The third kappa shape index (κ3) is 1.96. The highest BCUT2D eigenvalue weighted by Gasteiger charge is 2.59. The van der Waals surface area contributed by atoms with Gasteiger partial charge in [0.05, 0.1) is 23.0 Å². The molecule has 1 saturated heterocycles. The first-order chi connectivity index (χ1) is 11.5. The van der Waals surface area contributed by atoms with E-state index in [-0.39, 0.29) is 35.5 Å². The summed E-state index contributed by atoms with van der Waals surface area (Å²) in [5, 5.41) is 25.1. The number of aromatic hydroxyl groups is 1. The number of phenolic OH excluding ortho intramolecular Hbond substituents is 1. The number of fused-ring (bicyclic) bond motifs is 5. The summed E-state index contributed by atoms with van der Waals surface area (Å²) < 4.78 is 0. The van der Waals surface area contributed by atoms with Crippen molar-refractivity contribution in [1.29, 1.82) is 0 Å². The van der Waals surface area contributed by atoms with E-state index in [1.807, 2.05) is 12.2 Å². The Kier molecular flexibility index (Phi) is 3.02. The predicted molar refractivity (Wildman–Crippen MR) is 81.9 cm³/mol. The number of allylic oxidation sites excluding steroid dienone is 2. The summed E-state index contributed by atoms with van der Waals surface area (Å²) in [6.07, 6.45) is 6.05. The van der Waals surface area contributed by atoms with Crippen molar-refractivity contribution in [1.82, 2.24) is 5.01 Å². The first kappa shape index (κ1) is 14.6. The van der Waals surface area contributed by atoms with Crippen LogP contribution in [-0.4, -0.2) is 33.1 Å². The topological polar surface area (TPSA) is 113 Å². The Morgan fingerprint density at radius 1 is 1.21 bits per heavy atom. The average molecular weight is 327 g/mol. The molecule has 0 radical (unpaired) electrons. The molecule has 0 unspecified atom stereocenters. The molecule has 4 atom stereocenters. The van der Waals surface area contributed by atoms with Crippen LogP contribution in [0.5, 0.6) is 5.75 Å². The van der Waals surface area contributed by atoms with Crippen LogP contribution in [0.15, 0.2) is 35.5 Å². The standard InChI is InChI=1S/C16H13N3O5/c20-12-4-1-8(5-11(12)19(23)24)7-17-18-15(21)13-9-2-3-10(6-9)14(13)16(18)22/h1-5,7,9-10,13-14,20H,6H2/b17-7-/t9-,10+,13-,14+. The van der Waals surface area contributed by atoms with Crippen LogP contribution in [-0.2, 0) is 9.59 Å². The second-order valence-corrected chi connectivity index (χ2v) is 6.24. The normalized spacial score (nSPS) is 30.6. The van der Waals surface area contributed by atoms with Crippen LogP contribution in [0.2, 0.25) is 0 Å². The molecule has 4 rings (SSSR count). The lowest BCUT2D eigenvalue weighted by Gasteiger charge is -2.13. The number of nitrogens with zero attached hydrogens (tertiary/aromatic N) is 3. The number of rotatable bonds is 3. The van der Waals surface area contributed by atoms with E-state index in [0.29, 0.717) is 5.56 Å². The zero-order valence-electron chi connectivity index (χ0n) is 12.4. The molecule has 2 fully saturated rings. The Bertz CT molecular complexity index is 801. The molecule has 2 aliphatic carbocycles. The number of phenols is 1. The number of benzene rings is 1. The highest BCUT2D eigenvalue weighted by molar-refractivity contribution is 6.06. The monoisotopic (exact) mass is 327 g/mol. The van der Waals surface area contributed by atoms with Gasteiger partial charge < -0.3 is 5.11 Å². The molecule has 24 heavy (non-hydrogen) atoms. The zero-order valence-corrected chi connectivity index (χ0v) is 12.4. The molecule has 3 aliphatic rings. The summed E-state index contributed by atoms with van der Waals surface area (Å²) >= 11 is 0. The van der Waals surface area contributed by atoms with Gasteiger partial charge in [-0.1, -0.05) is 12.2 Å². The molecule has 2 bridgehead atoms. The summed E-state index contributed by atoms with van der Waals surface area (Å²) in [5.74, 6) is -1.55. The number of carbonyl (C=O) groups excluding carboxylic acids is 2. The van der Waals surface area contributed by atoms with Crippen LogP contribution in [0.25, 0.3) is 0 Å². The molecule has 1 saturated carbocycles. The van der Waals surface area contributed by atoms with E-state index in [4.69, 9.17) is 0 Å². The number of amides is 2. The maximum Gasteiger partial charge on any atom is 0.311 e. The fourth-order valence-corrected chi connectivity index (χ4v) is 3.89. The Labute approximate surface area is 136 Å². The molecular weight excluding hydrogens is 314 g/mol. The van der Waals surface area contributed by atoms with Crippen LogP contribution in [0, 0.1) is 33.8 Å². The number of nitro groups is 1. The van der Waals surface area contributed by atoms with Crippen molar-refractivity contribution < 1.29 is 19.6 Å². The van der Waals surface area contributed by atoms with E-state index in [1.165, 1.54) is 18.3 Å². The number of hydrazone groups is 1. The zero-order chi connectivity index (χ0) is 17.0. The molecule has 2 amide bonds. The van der Waals surface area contributed by atoms with Gasteiger partial charge in [-0.05, 0) is 30.4 Å². The molecular formula is C16H13N3O5. The second-order valence-electron chi connectivity index (χ2n) is 6.24. The van der Waals surface area contributed by atoms with Gasteiger partial charge in [-0.2, -0.15) is 10.1 Å². The number of imide groups is 1. The average Bonchev–Trinajstić information content (AvgIpc) is 3.22. The van der Waals surface area contributed by atoms with Crippen LogP contribution in [0.1, 0.15) is 12.0 Å². The van der Waals surface area contributed by atoms with Gasteiger partial charge in [0, 0.05) is 11.6 Å². The van der Waals surface area contributed by atoms with E-state index < -0.39 is 16.4 Å². The highest BCUT2D eigenvalue weighted by atomic mass is 16.6. The molecule has 1 aromatic rings. The maximum atomic E-state index is 12.4. The maximum absolute atomic E-state index is 12.4. The molecule has 122 valence electrons. The van der Waals surface area contributed by atoms with Crippen molar-refractivity contribution in [2.75, 3.05) is 0 Å². The Hall–Kier alpha value is -3.03. The van der Waals surface area contributed by atoms with Gasteiger partial charge in [-0.15, -0.1) is 0 Å². The fraction of sp³-hybridized carbons (Fsp3) is 0.312. The van der Waals surface area contributed by atoms with E-state index in [0.717, 1.165) is 17.5 Å². The second kappa shape index (κ2) is 4.98. The lowest BCUT2D eigenvalue weighted by Crippen LogP contribution is -2.28. The van der Waals surface area contributed by atoms with Crippen molar-refractivity contribution in [3.63, 3.8) is 0 Å². The molecule has 8 heteroatoms. The minimum absolute atomic E-state index is 0.103. The van der Waals surface area contributed by atoms with Gasteiger partial charge in [0.2, 0.25) is 0 Å². The number of nitro benzene ring substituents is 1. The smallest absolute Gasteiger partial charge is 0.311 e. The minimum Gasteiger partial charge on any atom is -0.502 e. The largest absolute Gasteiger partial charge is 0.502 e. The molecule has 8 nitrogen and oxygen atoms in total. The predicted octanol–water partition coefficient (Wildman–Crippen LogP) is 1.44. The van der Waals surface area contributed by atoms with Gasteiger partial charge in [-0.3, -0.25) is 19.7 Å². The van der Waals surface area contributed by atoms with Gasteiger partial charge in [-0.25, -0.2) is 0 Å². The van der Waals surface area contributed by atoms with Crippen molar-refractivity contribution >= 4 is 23.7 Å². The Morgan fingerprint density at radius 3 is 2.42 bits per heavy atom. The van der Waals surface area contributed by atoms with Crippen LogP contribution in [0.3, 0.4) is 0 Å². The minimum atomic E-state index is -0.716. The first-order valence-corrected chi connectivity index (χ1v) is 7.55. The van der Waals surface area contributed by atoms with Crippen molar-refractivity contribution in [3.05, 3.63) is 46.0 Å². The summed E-state index contributed by atoms with van der Waals surface area (Å²) in [5.41, 5.74) is -0.143. The number of hydrogen-bond acceptors (Lipinski definition) is 6. The van der Waals surface area contributed by atoms with Gasteiger partial charge in [0.1, 0.15) is 0 Å². The SMILES string of the molecule is O=C1[C@@H]2[C@H](C(=O)N1/N=C\c1ccc(O)c([N+](=O)[O-])c1)[C@@H]1C=C[C@H]2C1. The molecule has 1 aliphatic heterocycles. The van der Waals surface area contributed by atoms with Gasteiger partial charge in [0.25, 0.3) is 11.8 Å². The number of carbonyl (C=O) groups is 2. The van der Waals surface area contributed by atoms with Gasteiger partial charge >= 0.3 is 5.69 Å². The Morgan fingerprint density at radius 2 is 1.83 bits per heavy atom. The lowest BCUT2D eigenvalue weighted by molar-refractivity contribution is -0.385. The summed E-state index contributed by atoms with van der Waals surface area (Å²) in [4.78, 5) is 35.0. The van der Waals surface area contributed by atoms with Crippen LogP contribution >= 0.6 is 0 Å². The van der Waals surface area contributed by atoms with E-state index in [2.05, 4.69) is 5.10 Å². The van der Waals surface area contributed by atoms with E-state index >= 15 is 0 Å². The molecule has 1 aromatic carbocycles. The molecule has 0 aromatic heterocycles. The molecule has 0 spiro atoms. The molecule has 1 N–H and O–H groups in total. The third-order valence-corrected chi connectivity index (χ3v) is 4.97. The highest BCUT2D eigenvalue weighted by Crippen LogP contribution is 2.52. The third-order valence-electron chi connectivity index (χ3n) is 4.97. The van der Waals surface area contributed by atoms with Gasteiger partial charge in [0.15, 0.2) is 5.75 Å². The summed E-state index contributed by atoms with van der Waals surface area (Å²) in [7, 11) is 0. The first-order valence-electron chi connectivity index (χ1n) is 7.55. The van der Waals surface area contributed by atoms with Crippen molar-refractivity contribution in [3.8, 4) is 5.75 Å². The molecule has 1 heterocycles. The van der Waals surface area contributed by atoms with Crippen molar-refractivity contribution in [2.45, 2.75) is 6.42 Å². The van der Waals surface area contributed by atoms with E-state index in [1.54, 1.807) is 0 Å².